The van der Waals surface area contributed by atoms with E-state index in [0.717, 1.165) is 52.5 Å². The molecule has 1 fully saturated rings. The highest BCUT2D eigenvalue weighted by Crippen LogP contribution is 2.54. The maximum atomic E-state index is 15.7. The summed E-state index contributed by atoms with van der Waals surface area (Å²) in [6.07, 6.45) is 5.44. The van der Waals surface area contributed by atoms with Crippen LogP contribution in [0.2, 0.25) is 86.1 Å². The Labute approximate surface area is 551 Å². The van der Waals surface area contributed by atoms with Gasteiger partial charge in [-0.25, -0.2) is 4.79 Å². The van der Waals surface area contributed by atoms with E-state index in [1.807, 2.05) is 54.7 Å². The monoisotopic (exact) mass is 1340 g/mol. The second-order valence-corrected chi connectivity index (χ2v) is 55.4. The molecule has 1 aromatic carbocycles. The minimum Gasteiger partial charge on any atom is -0.497 e. The largest absolute Gasteiger partial charge is 0.497 e. The Morgan fingerprint density at radius 3 is 1.83 bits per heavy atom. The number of carbonyl (C=O) groups is 1. The van der Waals surface area contributed by atoms with Gasteiger partial charge in [0, 0.05) is 60.1 Å². The van der Waals surface area contributed by atoms with E-state index in [0.29, 0.717) is 36.3 Å². The van der Waals surface area contributed by atoms with Gasteiger partial charge >= 0.3 is 5.97 Å². The third-order valence-electron chi connectivity index (χ3n) is 19.3. The van der Waals surface area contributed by atoms with Crippen molar-refractivity contribution in [3.63, 3.8) is 0 Å². The Bertz CT molecular complexity index is 2250. The third kappa shape index (κ3) is 24.0. The molecule has 2 aliphatic heterocycles. The van der Waals surface area contributed by atoms with Gasteiger partial charge in [-0.3, -0.25) is 0 Å². The van der Waals surface area contributed by atoms with Crippen LogP contribution in [-0.2, 0) is 53.4 Å². The second kappa shape index (κ2) is 36.7. The minimum absolute atomic E-state index is 0.00699. The van der Waals surface area contributed by atoms with Crippen molar-refractivity contribution in [2.75, 3.05) is 59.1 Å². The zero-order chi connectivity index (χ0) is 66.8. The number of allylic oxidation sites excluding steroid dienone is 4. The Hall–Kier alpha value is -1.08. The van der Waals surface area contributed by atoms with Crippen LogP contribution in [0.1, 0.15) is 136 Å². The number of aliphatic hydroxyl groups excluding tert-OH is 1. The van der Waals surface area contributed by atoms with Crippen LogP contribution in [0.4, 0.5) is 0 Å². The first-order valence-electron chi connectivity index (χ1n) is 33.5. The van der Waals surface area contributed by atoms with E-state index >= 15 is 4.79 Å². The molecule has 12 nitrogen and oxygen atoms in total. The lowest BCUT2D eigenvalue weighted by atomic mass is 9.80. The van der Waals surface area contributed by atoms with Gasteiger partial charge in [0.15, 0.2) is 14.4 Å². The van der Waals surface area contributed by atoms with Crippen molar-refractivity contribution in [1.29, 1.82) is 0 Å². The lowest BCUT2D eigenvalue weighted by molar-refractivity contribution is -0.197. The SMILES string of the molecule is C/C=C\[C@H](C)/C=C(\C)[C@@H](OCOCC[Si](C)(C)C)[C@H]1COC(=O)[C@H](OCOCC[Si](C)(C)C)[C@@H](OC)[C@H](C)[C@@H](OCc2ccc(OC)cc2)[C@H](C)[C@@H](O[Si](C(C)C)(C(C)C)C(C)C)/C(C)=C/[C@H](C)C2(C[C@H](O[Si](C)(C)C(C)(C)C)[C@@H](C)[C@@H]1O)SCCCS2. The summed E-state index contributed by atoms with van der Waals surface area (Å²) >= 11 is 4.10. The summed E-state index contributed by atoms with van der Waals surface area (Å²) in [4.78, 5) is 15.7. The Morgan fingerprint density at radius 1 is 0.773 bits per heavy atom. The van der Waals surface area contributed by atoms with Gasteiger partial charge in [0.1, 0.15) is 19.3 Å². The lowest BCUT2D eigenvalue weighted by Gasteiger charge is -2.49. The van der Waals surface area contributed by atoms with E-state index in [9.17, 15) is 5.11 Å². The average molecular weight is 1340 g/mol. The summed E-state index contributed by atoms with van der Waals surface area (Å²) < 4.78 is 68.2. The molecular weight excluding hydrogens is 1210 g/mol. The molecular formula is C70H130O12S2Si4. The quantitative estimate of drug-likeness (QED) is 0.0281. The molecule has 13 atom stereocenters. The van der Waals surface area contributed by atoms with Crippen molar-refractivity contribution in [2.45, 2.75) is 270 Å². The second-order valence-electron chi connectivity index (χ2n) is 30.9. The Morgan fingerprint density at radius 2 is 1.33 bits per heavy atom. The predicted molar refractivity (Wildman–Crippen MR) is 384 cm³/mol. The van der Waals surface area contributed by atoms with Crippen molar-refractivity contribution in [2.24, 2.45) is 35.5 Å². The molecule has 0 unspecified atom stereocenters. The molecule has 0 amide bonds. The van der Waals surface area contributed by atoms with Gasteiger partial charge in [-0.05, 0) is 133 Å². The molecule has 0 aliphatic carbocycles. The summed E-state index contributed by atoms with van der Waals surface area (Å²) in [6.45, 7) is 58.1. The fraction of sp³-hybridized carbons (Fsp3) is 0.814. The first-order chi connectivity index (χ1) is 40.8. The van der Waals surface area contributed by atoms with E-state index in [1.165, 1.54) is 0 Å². The van der Waals surface area contributed by atoms with Gasteiger partial charge in [-0.1, -0.05) is 173 Å². The van der Waals surface area contributed by atoms with Gasteiger partial charge in [0.05, 0.1) is 61.0 Å². The van der Waals surface area contributed by atoms with Crippen molar-refractivity contribution in [3.05, 3.63) is 65.3 Å². The molecule has 1 spiro atoms. The molecule has 0 bridgehead atoms. The standard InChI is InChI=1S/C70H130O12S2Si4/c1-28-30-51(8)41-52(9)64(79-46-75-35-39-85(20,21)22)60-45-78-68(72)67(80-47-76-36-40-86(23,24)25)66(74-19)57(14)65(77-44-58-31-33-59(73-18)34-32-58)56(13)63(82-88(48(2)3,49(4)5)50(6)7)53(10)42-54(11)70(83-37-29-38-84-70)43-61(55(12)62(60)71)81-87(26,27)69(15,16)17/h28,30-34,41-42,48-51,54-57,60-67,71H,29,35-40,43-47H2,1-27H3/b30-28-,52-41+,53-42+/t51-,54-,55+,56+,57+,60-,61-,62-,63-,64+,65-,66-,67+/m0/s1. The number of aliphatic hydroxyl groups is 1. The van der Waals surface area contributed by atoms with Crippen LogP contribution in [0.15, 0.2) is 59.7 Å². The molecule has 0 saturated carbocycles. The van der Waals surface area contributed by atoms with Crippen molar-refractivity contribution in [1.82, 2.24) is 0 Å². The van der Waals surface area contributed by atoms with Crippen molar-refractivity contribution >= 4 is 62.3 Å². The van der Waals surface area contributed by atoms with E-state index in [2.05, 4.69) is 187 Å². The first-order valence-corrected chi connectivity index (χ1v) is 47.9. The minimum atomic E-state index is -2.60. The number of hydrogen-bond donors (Lipinski definition) is 1. The predicted octanol–water partition coefficient (Wildman–Crippen LogP) is 18.1. The summed E-state index contributed by atoms with van der Waals surface area (Å²) in [5.41, 5.74) is 3.96. The van der Waals surface area contributed by atoms with Crippen molar-refractivity contribution in [3.8, 4) is 5.75 Å². The summed E-state index contributed by atoms with van der Waals surface area (Å²) in [5, 5.41) is 13.6. The molecule has 2 heterocycles. The molecule has 0 aromatic heterocycles. The number of cyclic esters (lactones) is 1. The zero-order valence-electron chi connectivity index (χ0n) is 60.6. The molecule has 1 saturated heterocycles. The molecule has 18 heteroatoms. The van der Waals surface area contributed by atoms with E-state index < -0.39 is 93.1 Å². The van der Waals surface area contributed by atoms with Crippen LogP contribution in [0.25, 0.3) is 0 Å². The fourth-order valence-corrected chi connectivity index (χ4v) is 25.1. The van der Waals surface area contributed by atoms with Crippen LogP contribution in [0.5, 0.6) is 5.75 Å². The maximum Gasteiger partial charge on any atom is 0.338 e. The van der Waals surface area contributed by atoms with E-state index in [1.54, 1.807) is 14.2 Å². The van der Waals surface area contributed by atoms with Crippen LogP contribution >= 0.6 is 23.5 Å². The van der Waals surface area contributed by atoms with E-state index in [-0.39, 0.29) is 59.8 Å². The fourth-order valence-electron chi connectivity index (χ4n) is 13.0. The molecule has 1 aromatic rings. The normalized spacial score (nSPS) is 28.0. The van der Waals surface area contributed by atoms with Gasteiger partial charge in [-0.15, -0.1) is 23.5 Å². The van der Waals surface area contributed by atoms with Crippen LogP contribution in [0.3, 0.4) is 0 Å². The number of ether oxygens (including phenoxy) is 8. The summed E-state index contributed by atoms with van der Waals surface area (Å²) in [7, 11) is -4.72. The van der Waals surface area contributed by atoms with Gasteiger partial charge in [-0.2, -0.15) is 0 Å². The first kappa shape index (κ1) is 81.2. The number of esters is 1. The zero-order valence-corrected chi connectivity index (χ0v) is 66.2. The van der Waals surface area contributed by atoms with Crippen LogP contribution in [0, 0.1) is 35.5 Å². The molecule has 2 aliphatic rings. The lowest BCUT2D eigenvalue weighted by Crippen LogP contribution is -2.55. The number of hydrogen-bond acceptors (Lipinski definition) is 14. The van der Waals surface area contributed by atoms with Crippen molar-refractivity contribution < 1.29 is 56.6 Å². The number of thioether (sulfide) groups is 2. The molecule has 0 radical (unpaired) electrons. The molecule has 510 valence electrons. The van der Waals surface area contributed by atoms with Gasteiger partial charge in [0.2, 0.25) is 8.32 Å². The third-order valence-corrected chi connectivity index (χ3v) is 37.1. The maximum absolute atomic E-state index is 15.7. The van der Waals surface area contributed by atoms with Gasteiger partial charge in [0.25, 0.3) is 0 Å². The topological polar surface area (TPSA) is 130 Å². The van der Waals surface area contributed by atoms with Gasteiger partial charge < -0.3 is 51.9 Å². The molecule has 1 N–H and O–H groups in total. The molecule has 3 rings (SSSR count). The highest BCUT2D eigenvalue weighted by atomic mass is 32.2. The number of carbonyl (C=O) groups excluding carboxylic acids is 1. The average Bonchev–Trinajstić information content (AvgIpc) is 2.52. The summed E-state index contributed by atoms with van der Waals surface area (Å²) in [6, 6.07) is 9.91. The molecule has 88 heavy (non-hydrogen) atoms. The summed E-state index contributed by atoms with van der Waals surface area (Å²) in [5.74, 6) is 0.321. The highest BCUT2D eigenvalue weighted by molar-refractivity contribution is 8.18. The van der Waals surface area contributed by atoms with Crippen LogP contribution < -0.4 is 4.74 Å². The number of methoxy groups -OCH3 is 2. The smallest absolute Gasteiger partial charge is 0.338 e. The Balaban J connectivity index is 2.62. The van der Waals surface area contributed by atoms with E-state index in [4.69, 9.17) is 46.7 Å². The Kier molecular flexibility index (Phi) is 33.8. The number of benzene rings is 1. The highest BCUT2D eigenvalue weighted by Gasteiger charge is 2.52. The van der Waals surface area contributed by atoms with Crippen LogP contribution in [-0.4, -0.2) is 150 Å². The number of rotatable bonds is 28.